The molecule has 0 unspecified atom stereocenters. The SMILES string of the molecule is O=C(c1ccc(Br)o1)N1CCC(c2nccn2CCCCOCc2ccccc2)CC1. The minimum absolute atomic E-state index is 0.0389. The van der Waals surface area contributed by atoms with Gasteiger partial charge < -0.3 is 18.6 Å². The normalized spacial score (nSPS) is 14.8. The van der Waals surface area contributed by atoms with E-state index >= 15 is 0 Å². The van der Waals surface area contributed by atoms with E-state index in [-0.39, 0.29) is 5.91 Å². The van der Waals surface area contributed by atoms with Crippen molar-refractivity contribution < 1.29 is 13.9 Å². The highest BCUT2D eigenvalue weighted by Crippen LogP contribution is 2.28. The maximum atomic E-state index is 12.6. The van der Waals surface area contributed by atoms with Gasteiger partial charge in [-0.3, -0.25) is 4.79 Å². The summed E-state index contributed by atoms with van der Waals surface area (Å²) < 4.78 is 14.0. The van der Waals surface area contributed by atoms with Gasteiger partial charge in [0.05, 0.1) is 6.61 Å². The average molecular weight is 486 g/mol. The predicted molar refractivity (Wildman–Crippen MR) is 122 cm³/mol. The molecule has 0 atom stereocenters. The van der Waals surface area contributed by atoms with Crippen molar-refractivity contribution in [3.8, 4) is 0 Å². The van der Waals surface area contributed by atoms with Crippen molar-refractivity contribution in [3.63, 3.8) is 0 Å². The molecule has 0 N–H and O–H groups in total. The van der Waals surface area contributed by atoms with Crippen molar-refractivity contribution in [2.75, 3.05) is 19.7 Å². The van der Waals surface area contributed by atoms with E-state index in [4.69, 9.17) is 9.15 Å². The summed E-state index contributed by atoms with van der Waals surface area (Å²) in [5, 5.41) is 0. The number of piperidine rings is 1. The summed E-state index contributed by atoms with van der Waals surface area (Å²) in [7, 11) is 0. The zero-order valence-electron chi connectivity index (χ0n) is 17.6. The number of hydrogen-bond donors (Lipinski definition) is 0. The summed E-state index contributed by atoms with van der Waals surface area (Å²) in [5.74, 6) is 1.87. The van der Waals surface area contributed by atoms with Crippen LogP contribution in [0.4, 0.5) is 0 Å². The highest BCUT2D eigenvalue weighted by Gasteiger charge is 2.28. The zero-order chi connectivity index (χ0) is 21.5. The molecule has 6 nitrogen and oxygen atoms in total. The summed E-state index contributed by atoms with van der Waals surface area (Å²) >= 11 is 3.26. The van der Waals surface area contributed by atoms with Gasteiger partial charge in [-0.2, -0.15) is 0 Å². The average Bonchev–Trinajstić information content (AvgIpc) is 3.45. The third-order valence-corrected chi connectivity index (χ3v) is 6.15. The summed E-state index contributed by atoms with van der Waals surface area (Å²) in [5.41, 5.74) is 1.21. The van der Waals surface area contributed by atoms with E-state index in [2.05, 4.69) is 43.8 Å². The van der Waals surface area contributed by atoms with E-state index in [1.165, 1.54) is 5.56 Å². The third-order valence-electron chi connectivity index (χ3n) is 5.73. The number of aromatic nitrogens is 2. The molecule has 164 valence electrons. The lowest BCUT2D eigenvalue weighted by atomic mass is 9.95. The topological polar surface area (TPSA) is 60.5 Å². The molecule has 4 rings (SSSR count). The lowest BCUT2D eigenvalue weighted by molar-refractivity contribution is 0.0676. The molecule has 1 amide bonds. The van der Waals surface area contributed by atoms with Gasteiger partial charge in [0.15, 0.2) is 10.4 Å². The Bertz CT molecular complexity index is 961. The van der Waals surface area contributed by atoms with Crippen LogP contribution in [0.1, 0.15) is 53.5 Å². The molecule has 1 saturated heterocycles. The molecule has 0 radical (unpaired) electrons. The highest BCUT2D eigenvalue weighted by molar-refractivity contribution is 9.10. The smallest absolute Gasteiger partial charge is 0.289 e. The molecular weight excluding hydrogens is 458 g/mol. The molecule has 1 fully saturated rings. The summed E-state index contributed by atoms with van der Waals surface area (Å²) in [4.78, 5) is 19.1. The fraction of sp³-hybridized carbons (Fsp3) is 0.417. The molecule has 7 heteroatoms. The number of halogens is 1. The Morgan fingerprint density at radius 2 is 1.94 bits per heavy atom. The molecule has 1 aliphatic rings. The second kappa shape index (κ2) is 10.8. The van der Waals surface area contributed by atoms with Crippen LogP contribution in [-0.2, 0) is 17.9 Å². The molecule has 1 aliphatic heterocycles. The molecular formula is C24H28BrN3O3. The summed E-state index contributed by atoms with van der Waals surface area (Å²) in [6.45, 7) is 3.83. The highest BCUT2D eigenvalue weighted by atomic mass is 79.9. The van der Waals surface area contributed by atoms with Crippen molar-refractivity contribution in [1.82, 2.24) is 14.5 Å². The molecule has 3 heterocycles. The fourth-order valence-electron chi connectivity index (χ4n) is 4.05. The number of nitrogens with zero attached hydrogens (tertiary/aromatic N) is 3. The Balaban J connectivity index is 1.19. The van der Waals surface area contributed by atoms with Crippen molar-refractivity contribution in [3.05, 3.63) is 76.7 Å². The van der Waals surface area contributed by atoms with E-state index < -0.39 is 0 Å². The van der Waals surface area contributed by atoms with Crippen LogP contribution in [0, 0.1) is 0 Å². The molecule has 2 aromatic heterocycles. The monoisotopic (exact) mass is 485 g/mol. The molecule has 0 saturated carbocycles. The van der Waals surface area contributed by atoms with E-state index in [0.717, 1.165) is 57.7 Å². The molecule has 0 spiro atoms. The maximum Gasteiger partial charge on any atom is 0.289 e. The standard InChI is InChI=1S/C24H28BrN3O3/c25-22-9-8-21(31-22)24(29)28-14-10-20(11-15-28)23-26-12-16-27(23)13-4-5-17-30-18-19-6-2-1-3-7-19/h1-3,6-9,12,16,20H,4-5,10-11,13-15,17-18H2. The van der Waals surface area contributed by atoms with Gasteiger partial charge in [0.25, 0.3) is 5.91 Å². The van der Waals surface area contributed by atoms with Gasteiger partial charge in [-0.1, -0.05) is 30.3 Å². The number of carbonyl (C=O) groups is 1. The second-order valence-electron chi connectivity index (χ2n) is 7.89. The van der Waals surface area contributed by atoms with E-state index in [9.17, 15) is 4.79 Å². The lowest BCUT2D eigenvalue weighted by Gasteiger charge is -2.31. The Hall–Kier alpha value is -2.38. The van der Waals surface area contributed by atoms with Gasteiger partial charge in [0, 0.05) is 44.6 Å². The number of benzene rings is 1. The van der Waals surface area contributed by atoms with Crippen molar-refractivity contribution in [2.24, 2.45) is 0 Å². The maximum absolute atomic E-state index is 12.6. The van der Waals surface area contributed by atoms with Gasteiger partial charge >= 0.3 is 0 Å². The number of imidazole rings is 1. The first-order valence-electron chi connectivity index (χ1n) is 10.9. The molecule has 1 aromatic carbocycles. The molecule has 31 heavy (non-hydrogen) atoms. The van der Waals surface area contributed by atoms with Gasteiger partial charge in [0.1, 0.15) is 5.82 Å². The van der Waals surface area contributed by atoms with Crippen molar-refractivity contribution >= 4 is 21.8 Å². The number of amides is 1. The number of aryl methyl sites for hydroxylation is 1. The zero-order valence-corrected chi connectivity index (χ0v) is 19.2. The number of unbranched alkanes of at least 4 members (excludes halogenated alkanes) is 1. The first kappa shape index (κ1) is 21.8. The largest absolute Gasteiger partial charge is 0.444 e. The molecule has 3 aromatic rings. The molecule has 0 aliphatic carbocycles. The quantitative estimate of drug-likeness (QED) is 0.388. The van der Waals surface area contributed by atoms with Crippen molar-refractivity contribution in [2.45, 2.75) is 44.8 Å². The Morgan fingerprint density at radius 3 is 2.68 bits per heavy atom. The van der Waals surface area contributed by atoms with Crippen LogP contribution >= 0.6 is 15.9 Å². The van der Waals surface area contributed by atoms with Crippen LogP contribution in [0.2, 0.25) is 0 Å². The van der Waals surface area contributed by atoms with E-state index in [1.54, 1.807) is 12.1 Å². The van der Waals surface area contributed by atoms with Gasteiger partial charge in [0.2, 0.25) is 0 Å². The number of rotatable bonds is 9. The number of ether oxygens (including phenoxy) is 1. The number of likely N-dealkylation sites (tertiary alicyclic amines) is 1. The van der Waals surface area contributed by atoms with Gasteiger partial charge in [-0.15, -0.1) is 0 Å². The number of hydrogen-bond acceptors (Lipinski definition) is 4. The third kappa shape index (κ3) is 5.86. The Labute approximate surface area is 191 Å². The fourth-order valence-corrected chi connectivity index (χ4v) is 4.35. The number of carbonyl (C=O) groups excluding carboxylic acids is 1. The molecule has 0 bridgehead atoms. The van der Waals surface area contributed by atoms with E-state index in [0.29, 0.717) is 23.0 Å². The Morgan fingerprint density at radius 1 is 1.13 bits per heavy atom. The first-order valence-corrected chi connectivity index (χ1v) is 11.7. The predicted octanol–water partition coefficient (Wildman–Crippen LogP) is 5.26. The van der Waals surface area contributed by atoms with Crippen LogP contribution in [0.5, 0.6) is 0 Å². The summed E-state index contributed by atoms with van der Waals surface area (Å²) in [6.07, 6.45) is 7.88. The van der Waals surface area contributed by atoms with Crippen LogP contribution in [0.25, 0.3) is 0 Å². The minimum Gasteiger partial charge on any atom is -0.444 e. The lowest BCUT2D eigenvalue weighted by Crippen LogP contribution is -2.38. The van der Waals surface area contributed by atoms with Crippen LogP contribution in [-0.4, -0.2) is 40.1 Å². The van der Waals surface area contributed by atoms with Gasteiger partial charge in [-0.05, 0) is 59.3 Å². The number of furan rings is 1. The van der Waals surface area contributed by atoms with Crippen LogP contribution < -0.4 is 0 Å². The van der Waals surface area contributed by atoms with Crippen molar-refractivity contribution in [1.29, 1.82) is 0 Å². The Kier molecular flexibility index (Phi) is 7.59. The van der Waals surface area contributed by atoms with Crippen LogP contribution in [0.15, 0.2) is 63.9 Å². The summed E-state index contributed by atoms with van der Waals surface area (Å²) in [6, 6.07) is 13.7. The minimum atomic E-state index is -0.0389. The second-order valence-corrected chi connectivity index (χ2v) is 8.68. The van der Waals surface area contributed by atoms with E-state index in [1.807, 2.05) is 29.3 Å². The van der Waals surface area contributed by atoms with Gasteiger partial charge in [-0.25, -0.2) is 4.98 Å². The first-order chi connectivity index (χ1) is 15.2. The van der Waals surface area contributed by atoms with Crippen LogP contribution in [0.3, 0.4) is 0 Å².